The fraction of sp³-hybridized carbons (Fsp3) is 0.417. The van der Waals surface area contributed by atoms with Gasteiger partial charge in [0.05, 0.1) is 16.2 Å². The lowest BCUT2D eigenvalue weighted by molar-refractivity contribution is -0.384. The molecule has 1 unspecified atom stereocenters. The highest BCUT2D eigenvalue weighted by atomic mass is 32.2. The molecular formula is C12H13N3O2S. The molecule has 0 aromatic heterocycles. The minimum Gasteiger partial charge on any atom is -0.380 e. The maximum Gasteiger partial charge on any atom is 0.270 e. The molecular weight excluding hydrogens is 250 g/mol. The van der Waals surface area contributed by atoms with Crippen LogP contribution in [0.5, 0.6) is 0 Å². The van der Waals surface area contributed by atoms with E-state index < -0.39 is 4.92 Å². The van der Waals surface area contributed by atoms with E-state index in [-0.39, 0.29) is 5.69 Å². The van der Waals surface area contributed by atoms with Gasteiger partial charge in [0.2, 0.25) is 0 Å². The van der Waals surface area contributed by atoms with E-state index in [0.29, 0.717) is 17.3 Å². The molecule has 1 N–H and O–H groups in total. The molecule has 18 heavy (non-hydrogen) atoms. The smallest absolute Gasteiger partial charge is 0.270 e. The standard InChI is InChI=1S/C12H13N3O2S/c13-7-9-6-11(15(16)17)3-4-12(9)14-10-2-1-5-18-8-10/h3-4,6,10,14H,1-2,5,8H2. The van der Waals surface area contributed by atoms with Gasteiger partial charge in [0, 0.05) is 23.9 Å². The predicted octanol–water partition coefficient (Wildman–Crippen LogP) is 2.77. The Kier molecular flexibility index (Phi) is 4.05. The second-order valence-corrected chi connectivity index (χ2v) is 5.31. The lowest BCUT2D eigenvalue weighted by atomic mass is 10.1. The minimum atomic E-state index is -0.485. The van der Waals surface area contributed by atoms with Crippen LogP contribution in [-0.4, -0.2) is 22.5 Å². The minimum absolute atomic E-state index is 0.0462. The number of hydrogen-bond acceptors (Lipinski definition) is 5. The third-order valence-electron chi connectivity index (χ3n) is 2.85. The molecule has 0 bridgehead atoms. The quantitative estimate of drug-likeness (QED) is 0.670. The van der Waals surface area contributed by atoms with Gasteiger partial charge >= 0.3 is 0 Å². The van der Waals surface area contributed by atoms with Crippen molar-refractivity contribution >= 4 is 23.1 Å². The van der Waals surface area contributed by atoms with Gasteiger partial charge < -0.3 is 5.32 Å². The number of benzene rings is 1. The molecule has 2 rings (SSSR count). The summed E-state index contributed by atoms with van der Waals surface area (Å²) in [5.41, 5.74) is 0.977. The number of thioether (sulfide) groups is 1. The maximum absolute atomic E-state index is 10.6. The van der Waals surface area contributed by atoms with Crippen molar-refractivity contribution in [2.75, 3.05) is 16.8 Å². The van der Waals surface area contributed by atoms with Crippen molar-refractivity contribution < 1.29 is 4.92 Å². The van der Waals surface area contributed by atoms with Crippen molar-refractivity contribution in [1.29, 1.82) is 5.26 Å². The molecule has 1 aromatic rings. The molecule has 1 aliphatic rings. The van der Waals surface area contributed by atoms with Gasteiger partial charge in [-0.2, -0.15) is 17.0 Å². The maximum atomic E-state index is 10.6. The summed E-state index contributed by atoms with van der Waals surface area (Å²) in [6, 6.07) is 6.72. The summed E-state index contributed by atoms with van der Waals surface area (Å²) in [6.07, 6.45) is 2.24. The van der Waals surface area contributed by atoms with Gasteiger partial charge in [0.15, 0.2) is 0 Å². The van der Waals surface area contributed by atoms with Gasteiger partial charge in [0.1, 0.15) is 6.07 Å². The molecule has 1 saturated heterocycles. The van der Waals surface area contributed by atoms with Crippen molar-refractivity contribution in [3.05, 3.63) is 33.9 Å². The van der Waals surface area contributed by atoms with Crippen LogP contribution in [0.4, 0.5) is 11.4 Å². The SMILES string of the molecule is N#Cc1cc([N+](=O)[O-])ccc1NC1CCCSC1. The lowest BCUT2D eigenvalue weighted by Gasteiger charge is -2.23. The average molecular weight is 263 g/mol. The Labute approximate surface area is 109 Å². The Morgan fingerprint density at radius 3 is 3.00 bits per heavy atom. The van der Waals surface area contributed by atoms with E-state index >= 15 is 0 Å². The molecule has 1 fully saturated rings. The molecule has 0 amide bonds. The first-order chi connectivity index (χ1) is 8.70. The van der Waals surface area contributed by atoms with Gasteiger partial charge in [0.25, 0.3) is 5.69 Å². The van der Waals surface area contributed by atoms with Gasteiger partial charge in [-0.25, -0.2) is 0 Å². The number of rotatable bonds is 3. The van der Waals surface area contributed by atoms with E-state index in [0.717, 1.165) is 18.6 Å². The third kappa shape index (κ3) is 2.93. The highest BCUT2D eigenvalue weighted by Crippen LogP contribution is 2.25. The normalized spacial score (nSPS) is 18.9. The van der Waals surface area contributed by atoms with Crippen LogP contribution in [0.25, 0.3) is 0 Å². The number of nitrogens with zero attached hydrogens (tertiary/aromatic N) is 2. The van der Waals surface area contributed by atoms with Crippen molar-refractivity contribution in [2.24, 2.45) is 0 Å². The van der Waals surface area contributed by atoms with E-state index in [1.54, 1.807) is 6.07 Å². The van der Waals surface area contributed by atoms with E-state index in [4.69, 9.17) is 5.26 Å². The highest BCUT2D eigenvalue weighted by molar-refractivity contribution is 7.99. The first-order valence-corrected chi connectivity index (χ1v) is 6.89. The Morgan fingerprint density at radius 2 is 2.39 bits per heavy atom. The van der Waals surface area contributed by atoms with E-state index in [1.807, 2.05) is 17.8 Å². The summed E-state index contributed by atoms with van der Waals surface area (Å²) in [5.74, 6) is 2.20. The van der Waals surface area contributed by atoms with E-state index in [9.17, 15) is 10.1 Å². The van der Waals surface area contributed by atoms with Crippen LogP contribution in [0.2, 0.25) is 0 Å². The fourth-order valence-corrected chi connectivity index (χ4v) is 3.01. The zero-order chi connectivity index (χ0) is 13.0. The fourth-order valence-electron chi connectivity index (χ4n) is 1.94. The second-order valence-electron chi connectivity index (χ2n) is 4.16. The number of nitriles is 1. The van der Waals surface area contributed by atoms with Crippen molar-refractivity contribution in [3.63, 3.8) is 0 Å². The molecule has 1 atom stereocenters. The van der Waals surface area contributed by atoms with E-state index in [2.05, 4.69) is 5.32 Å². The molecule has 0 aliphatic carbocycles. The average Bonchev–Trinajstić information content (AvgIpc) is 2.40. The predicted molar refractivity (Wildman–Crippen MR) is 71.8 cm³/mol. The molecule has 1 aliphatic heterocycles. The van der Waals surface area contributed by atoms with Crippen LogP contribution < -0.4 is 5.32 Å². The van der Waals surface area contributed by atoms with Gasteiger partial charge in [-0.1, -0.05) is 0 Å². The lowest BCUT2D eigenvalue weighted by Crippen LogP contribution is -2.26. The number of nitro benzene ring substituents is 1. The second kappa shape index (κ2) is 5.74. The summed E-state index contributed by atoms with van der Waals surface area (Å²) in [5, 5.41) is 23.0. The van der Waals surface area contributed by atoms with Crippen LogP contribution in [-0.2, 0) is 0 Å². The molecule has 0 radical (unpaired) electrons. The number of nitro groups is 1. The van der Waals surface area contributed by atoms with Crippen molar-refractivity contribution in [1.82, 2.24) is 0 Å². The van der Waals surface area contributed by atoms with Crippen LogP contribution in [0, 0.1) is 21.4 Å². The highest BCUT2D eigenvalue weighted by Gasteiger charge is 2.16. The Hall–Kier alpha value is -1.74. The summed E-state index contributed by atoms with van der Waals surface area (Å²) >= 11 is 1.89. The Bertz CT molecular complexity index is 493. The summed E-state index contributed by atoms with van der Waals surface area (Å²) in [4.78, 5) is 10.2. The molecule has 1 aromatic carbocycles. The molecule has 1 heterocycles. The first-order valence-electron chi connectivity index (χ1n) is 5.73. The van der Waals surface area contributed by atoms with Gasteiger partial charge in [-0.05, 0) is 24.7 Å². The third-order valence-corrected chi connectivity index (χ3v) is 4.07. The summed E-state index contributed by atoms with van der Waals surface area (Å²) in [7, 11) is 0. The van der Waals surface area contributed by atoms with Gasteiger partial charge in [-0.15, -0.1) is 0 Å². The van der Waals surface area contributed by atoms with Crippen molar-refractivity contribution in [3.8, 4) is 6.07 Å². The molecule has 0 spiro atoms. The van der Waals surface area contributed by atoms with Gasteiger partial charge in [-0.3, -0.25) is 10.1 Å². The number of anilines is 1. The van der Waals surface area contributed by atoms with Crippen LogP contribution >= 0.6 is 11.8 Å². The zero-order valence-electron chi connectivity index (χ0n) is 9.76. The molecule has 94 valence electrons. The van der Waals surface area contributed by atoms with E-state index in [1.165, 1.54) is 17.9 Å². The number of hydrogen-bond donors (Lipinski definition) is 1. The summed E-state index contributed by atoms with van der Waals surface area (Å²) in [6.45, 7) is 0. The molecule has 5 nitrogen and oxygen atoms in total. The number of non-ortho nitro benzene ring substituents is 1. The molecule has 0 saturated carbocycles. The first kappa shape index (κ1) is 12.7. The monoisotopic (exact) mass is 263 g/mol. The largest absolute Gasteiger partial charge is 0.380 e. The topological polar surface area (TPSA) is 79.0 Å². The van der Waals surface area contributed by atoms with Crippen LogP contribution in [0.3, 0.4) is 0 Å². The van der Waals surface area contributed by atoms with Crippen molar-refractivity contribution in [2.45, 2.75) is 18.9 Å². The Morgan fingerprint density at radius 1 is 1.56 bits per heavy atom. The van der Waals surface area contributed by atoms with Crippen LogP contribution in [0.15, 0.2) is 18.2 Å². The number of nitrogens with one attached hydrogen (secondary N) is 1. The Balaban J connectivity index is 2.17. The molecule has 6 heteroatoms. The van der Waals surface area contributed by atoms with Crippen LogP contribution in [0.1, 0.15) is 18.4 Å². The summed E-state index contributed by atoms with van der Waals surface area (Å²) < 4.78 is 0. The zero-order valence-corrected chi connectivity index (χ0v) is 10.6.